The summed E-state index contributed by atoms with van der Waals surface area (Å²) in [4.78, 5) is 0. The Balaban J connectivity index is 1.26. The van der Waals surface area contributed by atoms with Gasteiger partial charge in [-0.1, -0.05) is 116 Å². The van der Waals surface area contributed by atoms with Crippen LogP contribution in [0.1, 0.15) is 178 Å². The number of hydrogen-bond donors (Lipinski definition) is 0. The SMILES string of the molecule is Cc1cc2c(cc1C(C)(C)C)-c1cc(C(C)(C)C)c(C)cc1C2C1(C(C)C)CC(C2CCCCC2)C2=C1C=C(C13CC4CC(CC(C4)C1)C3)C2. The van der Waals surface area contributed by atoms with Crippen LogP contribution in [0, 0.1) is 60.2 Å². The number of aryl methyl sites for hydroxylation is 2. The van der Waals surface area contributed by atoms with E-state index < -0.39 is 0 Å². The van der Waals surface area contributed by atoms with Gasteiger partial charge in [0.25, 0.3) is 0 Å². The van der Waals surface area contributed by atoms with Gasteiger partial charge in [-0.15, -0.1) is 0 Å². The molecule has 2 aromatic rings. The van der Waals surface area contributed by atoms with Crippen LogP contribution in [0.5, 0.6) is 0 Å². The average Bonchev–Trinajstić information content (AvgIpc) is 3.69. The van der Waals surface area contributed by atoms with Gasteiger partial charge in [-0.05, 0) is 180 Å². The average molecular weight is 669 g/mol. The van der Waals surface area contributed by atoms with Crippen LogP contribution < -0.4 is 0 Å². The lowest BCUT2D eigenvalue weighted by Crippen LogP contribution is -2.47. The van der Waals surface area contributed by atoms with Crippen LogP contribution in [0.3, 0.4) is 0 Å². The van der Waals surface area contributed by atoms with Crippen molar-refractivity contribution in [1.29, 1.82) is 0 Å². The van der Waals surface area contributed by atoms with E-state index in [1.54, 1.807) is 41.5 Å². The predicted molar refractivity (Wildman–Crippen MR) is 213 cm³/mol. The van der Waals surface area contributed by atoms with Crippen molar-refractivity contribution >= 4 is 0 Å². The quantitative estimate of drug-likeness (QED) is 0.304. The lowest BCUT2D eigenvalue weighted by Gasteiger charge is -2.58. The van der Waals surface area contributed by atoms with E-state index in [1.165, 1.54) is 86.5 Å². The van der Waals surface area contributed by atoms with E-state index in [1.807, 2.05) is 16.7 Å². The Hall–Kier alpha value is -2.08. The van der Waals surface area contributed by atoms with E-state index in [0.717, 1.165) is 29.6 Å². The monoisotopic (exact) mass is 669 g/mol. The molecule has 0 N–H and O–H groups in total. The van der Waals surface area contributed by atoms with Crippen molar-refractivity contribution in [3.05, 3.63) is 80.4 Å². The molecule has 0 aromatic heterocycles. The van der Waals surface area contributed by atoms with E-state index >= 15 is 0 Å². The molecule has 0 saturated heterocycles. The molecule has 8 aliphatic rings. The molecule has 0 aliphatic heterocycles. The molecule has 2 unspecified atom stereocenters. The van der Waals surface area contributed by atoms with E-state index in [4.69, 9.17) is 0 Å². The first-order valence-electron chi connectivity index (χ1n) is 21.3. The molecule has 268 valence electrons. The van der Waals surface area contributed by atoms with Crippen LogP contribution in [0.25, 0.3) is 11.1 Å². The van der Waals surface area contributed by atoms with Crippen LogP contribution in [0.2, 0.25) is 0 Å². The van der Waals surface area contributed by atoms with Crippen molar-refractivity contribution in [3.8, 4) is 11.1 Å². The van der Waals surface area contributed by atoms with Crippen LogP contribution in [-0.2, 0) is 10.8 Å². The third kappa shape index (κ3) is 4.87. The zero-order valence-electron chi connectivity index (χ0n) is 33.6. The molecule has 0 nitrogen and oxygen atoms in total. The standard InChI is InChI=1S/C50H68/c1-29(2)50(46-40-16-30(3)43(47(5,6)7)23-37(40)38-24-44(48(8,9)10)31(4)17-41(38)46)28-42(35-14-12-11-13-15-35)39-21-36(22-45(39)50)49-25-32-18-33(26-49)20-34(19-32)27-49/h16-17,22-24,29,32-35,42,46H,11-15,18-21,25-28H2,1-10H3. The van der Waals surface area contributed by atoms with Gasteiger partial charge in [0.05, 0.1) is 0 Å². The number of hydrogen-bond acceptors (Lipinski definition) is 0. The van der Waals surface area contributed by atoms with Gasteiger partial charge in [0.2, 0.25) is 0 Å². The fraction of sp³-hybridized carbons (Fsp3) is 0.680. The van der Waals surface area contributed by atoms with Crippen molar-refractivity contribution in [1.82, 2.24) is 0 Å². The van der Waals surface area contributed by atoms with Crippen LogP contribution in [0.15, 0.2) is 47.1 Å². The van der Waals surface area contributed by atoms with E-state index in [9.17, 15) is 0 Å². The molecule has 8 aliphatic carbocycles. The van der Waals surface area contributed by atoms with Gasteiger partial charge in [-0.2, -0.15) is 0 Å². The molecular formula is C50H68. The van der Waals surface area contributed by atoms with Crippen LogP contribution in [0.4, 0.5) is 0 Å². The second-order valence-corrected chi connectivity index (χ2v) is 21.8. The maximum absolute atomic E-state index is 2.97. The second kappa shape index (κ2) is 11.2. The Morgan fingerprint density at radius 2 is 1.16 bits per heavy atom. The van der Waals surface area contributed by atoms with Crippen molar-refractivity contribution in [3.63, 3.8) is 0 Å². The van der Waals surface area contributed by atoms with Crippen molar-refractivity contribution < 1.29 is 0 Å². The first kappa shape index (κ1) is 33.7. The Morgan fingerprint density at radius 1 is 0.660 bits per heavy atom. The van der Waals surface area contributed by atoms with Gasteiger partial charge in [0.1, 0.15) is 0 Å². The lowest BCUT2D eigenvalue weighted by atomic mass is 9.47. The fourth-order valence-electron chi connectivity index (χ4n) is 14.7. The topological polar surface area (TPSA) is 0 Å². The Labute approximate surface area is 306 Å². The summed E-state index contributed by atoms with van der Waals surface area (Å²) in [6, 6.07) is 10.7. The third-order valence-corrected chi connectivity index (χ3v) is 16.4. The van der Waals surface area contributed by atoms with Crippen LogP contribution >= 0.6 is 0 Å². The van der Waals surface area contributed by atoms with E-state index in [0.29, 0.717) is 17.3 Å². The van der Waals surface area contributed by atoms with Gasteiger partial charge in [0.15, 0.2) is 0 Å². The minimum atomic E-state index is 0.126. The summed E-state index contributed by atoms with van der Waals surface area (Å²) in [6.07, 6.45) is 22.1. The molecule has 0 amide bonds. The summed E-state index contributed by atoms with van der Waals surface area (Å²) in [5.41, 5.74) is 19.1. The summed E-state index contributed by atoms with van der Waals surface area (Å²) < 4.78 is 0. The molecule has 5 fully saturated rings. The number of rotatable bonds is 4. The lowest BCUT2D eigenvalue weighted by molar-refractivity contribution is -0.0316. The highest BCUT2D eigenvalue weighted by atomic mass is 14.6. The summed E-state index contributed by atoms with van der Waals surface area (Å²) in [5, 5.41) is 0. The van der Waals surface area contributed by atoms with Crippen molar-refractivity contribution in [2.45, 2.75) is 169 Å². The highest BCUT2D eigenvalue weighted by Crippen LogP contribution is 2.71. The van der Waals surface area contributed by atoms with Gasteiger partial charge in [-0.25, -0.2) is 0 Å². The van der Waals surface area contributed by atoms with Crippen LogP contribution in [-0.4, -0.2) is 0 Å². The molecule has 10 rings (SSSR count). The predicted octanol–water partition coefficient (Wildman–Crippen LogP) is 14.1. The molecule has 50 heavy (non-hydrogen) atoms. The van der Waals surface area contributed by atoms with Crippen molar-refractivity contribution in [2.24, 2.45) is 46.3 Å². The number of fused-ring (bicyclic) bond motifs is 3. The summed E-state index contributed by atoms with van der Waals surface area (Å²) >= 11 is 0. The smallest absolute Gasteiger partial charge is 0.0201 e. The molecule has 4 bridgehead atoms. The highest BCUT2D eigenvalue weighted by Gasteiger charge is 2.60. The maximum atomic E-state index is 2.97. The summed E-state index contributed by atoms with van der Waals surface area (Å²) in [7, 11) is 0. The van der Waals surface area contributed by atoms with Gasteiger partial charge in [0, 0.05) is 11.3 Å². The highest BCUT2D eigenvalue weighted by molar-refractivity contribution is 5.83. The van der Waals surface area contributed by atoms with E-state index in [-0.39, 0.29) is 16.2 Å². The largest absolute Gasteiger partial charge is 0.0619 e. The van der Waals surface area contributed by atoms with E-state index in [2.05, 4.69) is 99.6 Å². The molecule has 2 aromatic carbocycles. The molecule has 0 spiro atoms. The minimum absolute atomic E-state index is 0.126. The molecule has 0 heterocycles. The Bertz CT molecular complexity index is 1680. The molecule has 0 radical (unpaired) electrons. The number of allylic oxidation sites excluding steroid dienone is 4. The first-order chi connectivity index (χ1) is 23.6. The molecule has 0 heteroatoms. The minimum Gasteiger partial charge on any atom is -0.0619 e. The third-order valence-electron chi connectivity index (χ3n) is 16.4. The van der Waals surface area contributed by atoms with Crippen molar-refractivity contribution in [2.75, 3.05) is 0 Å². The summed E-state index contributed by atoms with van der Waals surface area (Å²) in [5.74, 6) is 5.70. The maximum Gasteiger partial charge on any atom is 0.0201 e. The fourth-order valence-corrected chi connectivity index (χ4v) is 14.7. The normalized spacial score (nSPS) is 33.8. The van der Waals surface area contributed by atoms with Gasteiger partial charge < -0.3 is 0 Å². The number of benzene rings is 2. The zero-order chi connectivity index (χ0) is 35.1. The Kier molecular flexibility index (Phi) is 7.57. The first-order valence-corrected chi connectivity index (χ1v) is 21.3. The van der Waals surface area contributed by atoms with Gasteiger partial charge in [-0.3, -0.25) is 0 Å². The molecule has 5 saturated carbocycles. The Morgan fingerprint density at radius 3 is 1.62 bits per heavy atom. The second-order valence-electron chi connectivity index (χ2n) is 21.8. The zero-order valence-corrected chi connectivity index (χ0v) is 33.6. The summed E-state index contributed by atoms with van der Waals surface area (Å²) in [6.45, 7) is 24.6. The molecule has 2 atom stereocenters. The molecular weight excluding hydrogens is 601 g/mol. The van der Waals surface area contributed by atoms with Gasteiger partial charge >= 0.3 is 0 Å².